The highest BCUT2D eigenvalue weighted by Crippen LogP contribution is 2.52. The number of hydrogen-bond acceptors (Lipinski definition) is 2. The van der Waals surface area contributed by atoms with Crippen molar-refractivity contribution in [3.05, 3.63) is 22.2 Å². The van der Waals surface area contributed by atoms with E-state index in [0.717, 1.165) is 33.7 Å². The summed E-state index contributed by atoms with van der Waals surface area (Å²) in [4.78, 5) is 0.395. The summed E-state index contributed by atoms with van der Waals surface area (Å²) in [6.07, 6.45) is 7.08. The van der Waals surface area contributed by atoms with E-state index in [4.69, 9.17) is 9.47 Å². The van der Waals surface area contributed by atoms with Crippen molar-refractivity contribution >= 4 is 31.9 Å². The molecule has 1 heterocycles. The van der Waals surface area contributed by atoms with Gasteiger partial charge in [0.15, 0.2) is 11.5 Å². The summed E-state index contributed by atoms with van der Waals surface area (Å²) in [5, 5.41) is 0. The van der Waals surface area contributed by atoms with E-state index in [-0.39, 0.29) is 0 Å². The van der Waals surface area contributed by atoms with Crippen LogP contribution < -0.4 is 9.47 Å². The predicted molar refractivity (Wildman–Crippen MR) is 90.4 cm³/mol. The number of halogens is 2. The number of benzene rings is 1. The summed E-state index contributed by atoms with van der Waals surface area (Å²) in [5.41, 5.74) is 1.29. The molecule has 1 aromatic carbocycles. The maximum Gasteiger partial charge on any atom is 0.162 e. The molecule has 0 spiro atoms. The smallest absolute Gasteiger partial charge is 0.162 e. The van der Waals surface area contributed by atoms with Gasteiger partial charge in [0.2, 0.25) is 0 Å². The molecule has 2 fully saturated rings. The van der Waals surface area contributed by atoms with Crippen LogP contribution in [0.1, 0.15) is 42.5 Å². The molecule has 2 saturated carbocycles. The number of rotatable bonds is 3. The van der Waals surface area contributed by atoms with Crippen molar-refractivity contribution < 1.29 is 9.47 Å². The monoisotopic (exact) mass is 414 g/mol. The number of alkyl halides is 1. The van der Waals surface area contributed by atoms with Crippen LogP contribution in [-0.4, -0.2) is 13.2 Å². The summed E-state index contributed by atoms with van der Waals surface area (Å²) < 4.78 is 12.5. The van der Waals surface area contributed by atoms with Gasteiger partial charge in [0, 0.05) is 9.30 Å². The number of fused-ring (bicyclic) bond motifs is 3. The molecule has 2 bridgehead atoms. The van der Waals surface area contributed by atoms with Crippen LogP contribution in [0.2, 0.25) is 0 Å². The van der Waals surface area contributed by atoms with E-state index in [0.29, 0.717) is 18.0 Å². The Kier molecular flexibility index (Phi) is 3.95. The highest BCUT2D eigenvalue weighted by molar-refractivity contribution is 9.11. The zero-order valence-electron chi connectivity index (χ0n) is 12.0. The number of hydrogen-bond donors (Lipinski definition) is 0. The van der Waals surface area contributed by atoms with Gasteiger partial charge in [-0.25, -0.2) is 0 Å². The minimum atomic E-state index is 0.395. The second kappa shape index (κ2) is 5.77. The normalized spacial score (nSPS) is 31.4. The largest absolute Gasteiger partial charge is 0.486 e. The Morgan fingerprint density at radius 1 is 1.10 bits per heavy atom. The molecular weight excluding hydrogens is 396 g/mol. The van der Waals surface area contributed by atoms with Gasteiger partial charge in [0.05, 0.1) is 0 Å². The first kappa shape index (κ1) is 14.4. The standard InChI is InChI=1S/C17H20Br2O2/c18-14(7-12-6-10-1-2-11(12)5-10)13-8-16-17(9-15(13)19)21-4-3-20-16/h8-12,14H,1-7H2. The average molecular weight is 416 g/mol. The molecule has 0 aromatic heterocycles. The van der Waals surface area contributed by atoms with Gasteiger partial charge in [-0.05, 0) is 61.1 Å². The van der Waals surface area contributed by atoms with Crippen molar-refractivity contribution in [3.8, 4) is 11.5 Å². The lowest BCUT2D eigenvalue weighted by atomic mass is 9.84. The van der Waals surface area contributed by atoms with Gasteiger partial charge in [-0.15, -0.1) is 0 Å². The molecule has 2 nitrogen and oxygen atoms in total. The van der Waals surface area contributed by atoms with Crippen LogP contribution in [0.4, 0.5) is 0 Å². The average Bonchev–Trinajstić information content (AvgIpc) is 3.09. The summed E-state index contributed by atoms with van der Waals surface area (Å²) in [7, 11) is 0. The third kappa shape index (κ3) is 2.74. The van der Waals surface area contributed by atoms with Gasteiger partial charge < -0.3 is 9.47 Å². The van der Waals surface area contributed by atoms with Gasteiger partial charge in [-0.1, -0.05) is 38.3 Å². The SMILES string of the molecule is Brc1cc2c(cc1C(Br)CC1CC3CCC1C3)OCCO2. The van der Waals surface area contributed by atoms with Crippen molar-refractivity contribution in [2.75, 3.05) is 13.2 Å². The highest BCUT2D eigenvalue weighted by atomic mass is 79.9. The summed E-state index contributed by atoms with van der Waals surface area (Å²) in [5.74, 6) is 4.64. The summed E-state index contributed by atoms with van der Waals surface area (Å²) in [6.45, 7) is 1.29. The van der Waals surface area contributed by atoms with Crippen LogP contribution in [0, 0.1) is 17.8 Å². The maximum atomic E-state index is 5.72. The molecule has 114 valence electrons. The molecule has 21 heavy (non-hydrogen) atoms. The molecule has 0 saturated heterocycles. The van der Waals surface area contributed by atoms with Crippen molar-refractivity contribution in [3.63, 3.8) is 0 Å². The first-order valence-electron chi connectivity index (χ1n) is 7.94. The maximum absolute atomic E-state index is 5.72. The van der Waals surface area contributed by atoms with Crippen LogP contribution in [0.5, 0.6) is 11.5 Å². The second-order valence-electron chi connectivity index (χ2n) is 6.66. The van der Waals surface area contributed by atoms with Crippen LogP contribution in [0.3, 0.4) is 0 Å². The molecule has 4 atom stereocenters. The molecule has 1 aliphatic heterocycles. The molecule has 0 N–H and O–H groups in total. The zero-order valence-corrected chi connectivity index (χ0v) is 15.2. The van der Waals surface area contributed by atoms with Crippen molar-refractivity contribution in [2.24, 2.45) is 17.8 Å². The van der Waals surface area contributed by atoms with E-state index in [2.05, 4.69) is 44.0 Å². The van der Waals surface area contributed by atoms with Crippen molar-refractivity contribution in [1.82, 2.24) is 0 Å². The van der Waals surface area contributed by atoms with E-state index in [1.807, 2.05) is 0 Å². The van der Waals surface area contributed by atoms with Gasteiger partial charge in [-0.3, -0.25) is 0 Å². The first-order chi connectivity index (χ1) is 10.2. The number of ether oxygens (including phenoxy) is 2. The van der Waals surface area contributed by atoms with Gasteiger partial charge in [0.1, 0.15) is 13.2 Å². The molecule has 3 aliphatic rings. The van der Waals surface area contributed by atoms with E-state index in [1.54, 1.807) is 0 Å². The molecule has 0 radical (unpaired) electrons. The van der Waals surface area contributed by atoms with Crippen LogP contribution in [0.25, 0.3) is 0 Å². The predicted octanol–water partition coefficient (Wildman–Crippen LogP) is 5.48. The van der Waals surface area contributed by atoms with Crippen molar-refractivity contribution in [2.45, 2.75) is 36.9 Å². The third-order valence-electron chi connectivity index (χ3n) is 5.39. The fourth-order valence-electron chi connectivity index (χ4n) is 4.38. The van der Waals surface area contributed by atoms with E-state index >= 15 is 0 Å². The lowest BCUT2D eigenvalue weighted by molar-refractivity contribution is 0.171. The lowest BCUT2D eigenvalue weighted by Crippen LogP contribution is -2.16. The quantitative estimate of drug-likeness (QED) is 0.608. The molecule has 4 rings (SSSR count). The van der Waals surface area contributed by atoms with Crippen molar-refractivity contribution in [1.29, 1.82) is 0 Å². The fourth-order valence-corrected chi connectivity index (χ4v) is 6.14. The Labute approximate surface area is 142 Å². The molecule has 4 heteroatoms. The van der Waals surface area contributed by atoms with E-state index in [9.17, 15) is 0 Å². The Bertz CT molecular complexity index is 546. The Morgan fingerprint density at radius 2 is 1.86 bits per heavy atom. The molecule has 0 amide bonds. The minimum Gasteiger partial charge on any atom is -0.486 e. The molecular formula is C17H20Br2O2. The van der Waals surface area contributed by atoms with Gasteiger partial charge in [-0.2, -0.15) is 0 Å². The highest BCUT2D eigenvalue weighted by Gasteiger charge is 2.40. The summed E-state index contributed by atoms with van der Waals surface area (Å²) >= 11 is 7.62. The second-order valence-corrected chi connectivity index (χ2v) is 8.62. The third-order valence-corrected chi connectivity index (χ3v) is 6.95. The Morgan fingerprint density at radius 3 is 2.52 bits per heavy atom. The summed E-state index contributed by atoms with van der Waals surface area (Å²) in [6, 6.07) is 4.20. The molecule has 4 unspecified atom stereocenters. The van der Waals surface area contributed by atoms with Crippen LogP contribution in [-0.2, 0) is 0 Å². The Balaban J connectivity index is 1.52. The fraction of sp³-hybridized carbons (Fsp3) is 0.647. The zero-order chi connectivity index (χ0) is 14.4. The Hall–Kier alpha value is -0.220. The van der Waals surface area contributed by atoms with Gasteiger partial charge in [0.25, 0.3) is 0 Å². The van der Waals surface area contributed by atoms with E-state index < -0.39 is 0 Å². The van der Waals surface area contributed by atoms with Crippen LogP contribution >= 0.6 is 31.9 Å². The first-order valence-corrected chi connectivity index (χ1v) is 9.64. The molecule has 2 aliphatic carbocycles. The van der Waals surface area contributed by atoms with Crippen LogP contribution in [0.15, 0.2) is 16.6 Å². The topological polar surface area (TPSA) is 18.5 Å². The van der Waals surface area contributed by atoms with E-state index in [1.165, 1.54) is 37.7 Å². The van der Waals surface area contributed by atoms with Gasteiger partial charge >= 0.3 is 0 Å². The lowest BCUT2D eigenvalue weighted by Gasteiger charge is -2.26. The minimum absolute atomic E-state index is 0.395. The molecule has 1 aromatic rings.